The summed E-state index contributed by atoms with van der Waals surface area (Å²) in [4.78, 5) is 0. The third kappa shape index (κ3) is 3.58. The number of rotatable bonds is 3. The molecule has 8 aromatic carbocycles. The quantitative estimate of drug-likeness (QED) is 0.198. The van der Waals surface area contributed by atoms with Gasteiger partial charge in [0.25, 0.3) is 0 Å². The van der Waals surface area contributed by atoms with Crippen LogP contribution in [0.5, 0.6) is 0 Å². The summed E-state index contributed by atoms with van der Waals surface area (Å²) in [5.41, 5.74) is 4.76. The van der Waals surface area contributed by atoms with E-state index in [0.29, 0.717) is 5.56 Å². The van der Waals surface area contributed by atoms with Crippen LogP contribution in [0.4, 0.5) is 0 Å². The van der Waals surface area contributed by atoms with E-state index in [2.05, 4.69) is 24.3 Å². The van der Waals surface area contributed by atoms with Gasteiger partial charge in [-0.1, -0.05) is 145 Å². The van der Waals surface area contributed by atoms with Crippen molar-refractivity contribution in [2.24, 2.45) is 0 Å². The van der Waals surface area contributed by atoms with Crippen molar-refractivity contribution in [3.63, 3.8) is 0 Å². The zero-order valence-corrected chi connectivity index (χ0v) is 22.7. The van der Waals surface area contributed by atoms with E-state index in [1.165, 1.54) is 0 Å². The Kier molecular flexibility index (Phi) is 3.67. The van der Waals surface area contributed by atoms with Crippen molar-refractivity contribution in [1.82, 2.24) is 0 Å². The van der Waals surface area contributed by atoms with E-state index in [0.717, 1.165) is 43.8 Å². The molecule has 0 bridgehead atoms. The molecule has 1 heterocycles. The predicted molar refractivity (Wildman–Crippen MR) is 183 cm³/mol. The normalized spacial score (nSPS) is 14.7. The second-order valence-electron chi connectivity index (χ2n) is 10.5. The molecule has 43 heavy (non-hydrogen) atoms. The first-order valence-electron chi connectivity index (χ1n) is 18.6. The molecule has 0 fully saturated rings. The van der Waals surface area contributed by atoms with Crippen LogP contribution in [-0.4, -0.2) is 0 Å². The molecule has 1 nitrogen and oxygen atoms in total. The minimum absolute atomic E-state index is 0.0567. The molecule has 0 amide bonds. The third-order valence-corrected chi connectivity index (χ3v) is 8.21. The van der Waals surface area contributed by atoms with E-state index in [-0.39, 0.29) is 56.4 Å². The lowest BCUT2D eigenvalue weighted by Crippen LogP contribution is -1.93. The van der Waals surface area contributed by atoms with Crippen molar-refractivity contribution < 1.29 is 16.8 Å². The Hall–Kier alpha value is -5.66. The molecule has 0 saturated heterocycles. The van der Waals surface area contributed by atoms with Gasteiger partial charge >= 0.3 is 0 Å². The Balaban J connectivity index is 1.51. The standard InChI is InChI=1S/C42H26O/c1-2-13-27(14-3-1)29-16-6-7-18-31(29)39-32-19-8-10-21-34(32)40(35-22-11-9-20-33(35)39)36-23-12-24-38-41(36)37-26-25-28-15-4-5-17-30(28)42(37)43-38/h1-26H/i4D,5D,12D,15D,17D,23D,24D,25D,26D. The monoisotopic (exact) mass is 555 g/mol. The van der Waals surface area contributed by atoms with Crippen molar-refractivity contribution in [2.75, 3.05) is 0 Å². The van der Waals surface area contributed by atoms with Crippen LogP contribution >= 0.6 is 0 Å². The maximum atomic E-state index is 9.43. The predicted octanol–water partition coefficient (Wildman–Crippen LogP) is 12.0. The molecule has 0 spiro atoms. The van der Waals surface area contributed by atoms with Gasteiger partial charge in [0, 0.05) is 16.2 Å². The summed E-state index contributed by atoms with van der Waals surface area (Å²) in [6.07, 6.45) is 0. The summed E-state index contributed by atoms with van der Waals surface area (Å²) >= 11 is 0. The summed E-state index contributed by atoms with van der Waals surface area (Å²) in [6.45, 7) is 0. The summed E-state index contributed by atoms with van der Waals surface area (Å²) in [6, 6.07) is 30.3. The maximum Gasteiger partial charge on any atom is 0.143 e. The van der Waals surface area contributed by atoms with Gasteiger partial charge in [-0.3, -0.25) is 0 Å². The molecule has 9 rings (SSSR count). The molecule has 0 N–H and O–H groups in total. The molecule has 9 aromatic rings. The van der Waals surface area contributed by atoms with Gasteiger partial charge < -0.3 is 4.42 Å². The van der Waals surface area contributed by atoms with E-state index < -0.39 is 36.3 Å². The van der Waals surface area contributed by atoms with Crippen molar-refractivity contribution in [3.05, 3.63) is 158 Å². The fraction of sp³-hybridized carbons (Fsp3) is 0. The van der Waals surface area contributed by atoms with Gasteiger partial charge in [0.15, 0.2) is 0 Å². The Bertz CT molecular complexity index is 2950. The van der Waals surface area contributed by atoms with Crippen molar-refractivity contribution in [3.8, 4) is 33.4 Å². The topological polar surface area (TPSA) is 13.1 Å². The van der Waals surface area contributed by atoms with Crippen LogP contribution in [0, 0.1) is 0 Å². The molecule has 0 aliphatic heterocycles. The number of hydrogen-bond acceptors (Lipinski definition) is 1. The van der Waals surface area contributed by atoms with Gasteiger partial charge in [0.1, 0.15) is 11.2 Å². The second-order valence-corrected chi connectivity index (χ2v) is 10.5. The van der Waals surface area contributed by atoms with E-state index in [1.54, 1.807) is 0 Å². The molecule has 0 unspecified atom stereocenters. The van der Waals surface area contributed by atoms with Gasteiger partial charge in [-0.05, 0) is 72.4 Å². The first-order chi connectivity index (χ1) is 25.1. The van der Waals surface area contributed by atoms with Crippen LogP contribution in [0.3, 0.4) is 0 Å². The molecule has 0 aliphatic carbocycles. The Morgan fingerprint density at radius 3 is 1.74 bits per heavy atom. The number of hydrogen-bond donors (Lipinski definition) is 0. The largest absolute Gasteiger partial charge is 0.455 e. The fourth-order valence-corrected chi connectivity index (χ4v) is 6.41. The van der Waals surface area contributed by atoms with Crippen LogP contribution in [0.15, 0.2) is 162 Å². The van der Waals surface area contributed by atoms with E-state index in [9.17, 15) is 2.74 Å². The highest BCUT2D eigenvalue weighted by Gasteiger charge is 2.21. The number of furan rings is 1. The van der Waals surface area contributed by atoms with E-state index >= 15 is 0 Å². The average Bonchev–Trinajstić information content (AvgIpc) is 3.57. The molecule has 1 aromatic heterocycles. The number of fused-ring (bicyclic) bond motifs is 7. The van der Waals surface area contributed by atoms with Crippen molar-refractivity contribution in [1.29, 1.82) is 0 Å². The lowest BCUT2D eigenvalue weighted by molar-refractivity contribution is 0.673. The summed E-state index contributed by atoms with van der Waals surface area (Å²) < 4.78 is 85.8. The Morgan fingerprint density at radius 1 is 0.419 bits per heavy atom. The average molecular weight is 556 g/mol. The minimum Gasteiger partial charge on any atom is -0.455 e. The molecule has 1 heteroatoms. The first kappa shape index (κ1) is 16.7. The fourth-order valence-electron chi connectivity index (χ4n) is 6.41. The highest BCUT2D eigenvalue weighted by molar-refractivity contribution is 6.27. The Labute approximate surface area is 261 Å². The van der Waals surface area contributed by atoms with Gasteiger partial charge in [0.05, 0.1) is 12.3 Å². The number of benzene rings is 8. The molecule has 200 valence electrons. The van der Waals surface area contributed by atoms with E-state index in [4.69, 9.17) is 14.0 Å². The van der Waals surface area contributed by atoms with Crippen LogP contribution in [0.25, 0.3) is 87.6 Å². The molecule has 0 radical (unpaired) electrons. The van der Waals surface area contributed by atoms with Crippen LogP contribution in [0.1, 0.15) is 12.3 Å². The van der Waals surface area contributed by atoms with Gasteiger partial charge in [-0.25, -0.2) is 0 Å². The zero-order valence-electron chi connectivity index (χ0n) is 31.7. The van der Waals surface area contributed by atoms with Gasteiger partial charge in [-0.15, -0.1) is 0 Å². The zero-order chi connectivity index (χ0) is 36.2. The Morgan fingerprint density at radius 2 is 1.02 bits per heavy atom. The van der Waals surface area contributed by atoms with Crippen LogP contribution in [0.2, 0.25) is 0 Å². The molecular weight excluding hydrogens is 520 g/mol. The minimum atomic E-state index is -0.531. The van der Waals surface area contributed by atoms with Crippen LogP contribution in [-0.2, 0) is 0 Å². The first-order valence-corrected chi connectivity index (χ1v) is 14.1. The highest BCUT2D eigenvalue weighted by atomic mass is 16.3. The maximum absolute atomic E-state index is 9.43. The second kappa shape index (κ2) is 9.44. The lowest BCUT2D eigenvalue weighted by atomic mass is 9.83. The molecule has 0 aliphatic rings. The summed E-state index contributed by atoms with van der Waals surface area (Å²) in [5, 5.41) is 3.29. The van der Waals surface area contributed by atoms with Crippen LogP contribution < -0.4 is 0 Å². The van der Waals surface area contributed by atoms with Crippen molar-refractivity contribution in [2.45, 2.75) is 0 Å². The highest BCUT2D eigenvalue weighted by Crippen LogP contribution is 2.48. The van der Waals surface area contributed by atoms with Gasteiger partial charge in [0.2, 0.25) is 0 Å². The lowest BCUT2D eigenvalue weighted by Gasteiger charge is -2.20. The SMILES string of the molecule is [2H]c1c([2H])c(-c2c3ccccc3c(-c3ccccc3-c3ccccc3)c3ccccc23)c2c(oc3c4c([2H])c([2H])c([2H])c([2H])c4c([2H])c([2H])c32)c1[2H]. The summed E-state index contributed by atoms with van der Waals surface area (Å²) in [5.74, 6) is 0. The van der Waals surface area contributed by atoms with Gasteiger partial charge in [-0.2, -0.15) is 0 Å². The summed E-state index contributed by atoms with van der Waals surface area (Å²) in [7, 11) is 0. The smallest absolute Gasteiger partial charge is 0.143 e. The molecular formula is C42H26O. The van der Waals surface area contributed by atoms with Crippen molar-refractivity contribution >= 4 is 54.3 Å². The van der Waals surface area contributed by atoms with E-state index in [1.807, 2.05) is 78.9 Å². The third-order valence-electron chi connectivity index (χ3n) is 8.21. The molecule has 0 atom stereocenters. The molecule has 0 saturated carbocycles.